The Morgan fingerprint density at radius 2 is 2.24 bits per heavy atom. The number of hydrogen-bond acceptors (Lipinski definition) is 2. The van der Waals surface area contributed by atoms with E-state index in [4.69, 9.17) is 5.73 Å². The van der Waals surface area contributed by atoms with Crippen molar-refractivity contribution in [2.24, 2.45) is 0 Å². The Bertz CT molecular complexity index is 398. The Hall–Kier alpha value is -1.84. The first-order valence-corrected chi connectivity index (χ1v) is 5.47. The van der Waals surface area contributed by atoms with Crippen LogP contribution in [0.1, 0.15) is 23.2 Å². The summed E-state index contributed by atoms with van der Waals surface area (Å²) in [5, 5.41) is 0. The summed E-state index contributed by atoms with van der Waals surface area (Å²) in [6.45, 7) is 4.23. The summed E-state index contributed by atoms with van der Waals surface area (Å²) in [7, 11) is 1.69. The standard InChI is InChI=1S/C13H17FN2O/c1-3-4-5-6-16(2)13(17)10-7-11(14)9-12(15)8-10/h3,7-9H,1,4-6,15H2,2H3. The molecule has 2 N–H and O–H groups in total. The number of nitrogens with zero attached hydrogens (tertiary/aromatic N) is 1. The van der Waals surface area contributed by atoms with Crippen molar-refractivity contribution in [1.29, 1.82) is 0 Å². The molecule has 0 aliphatic rings. The number of halogens is 1. The van der Waals surface area contributed by atoms with E-state index in [0.717, 1.165) is 12.8 Å². The van der Waals surface area contributed by atoms with Crippen LogP contribution in [0.25, 0.3) is 0 Å². The minimum absolute atomic E-state index is 0.222. The van der Waals surface area contributed by atoms with Crippen LogP contribution in [0.3, 0.4) is 0 Å². The molecule has 0 unspecified atom stereocenters. The van der Waals surface area contributed by atoms with Gasteiger partial charge >= 0.3 is 0 Å². The highest BCUT2D eigenvalue weighted by Crippen LogP contribution is 2.12. The first kappa shape index (κ1) is 13.2. The van der Waals surface area contributed by atoms with Gasteiger partial charge in [0.15, 0.2) is 0 Å². The highest BCUT2D eigenvalue weighted by atomic mass is 19.1. The molecule has 0 aromatic heterocycles. The summed E-state index contributed by atoms with van der Waals surface area (Å²) in [5.41, 5.74) is 6.03. The predicted octanol–water partition coefficient (Wildman–Crippen LogP) is 2.45. The Labute approximate surface area is 101 Å². The zero-order valence-corrected chi connectivity index (χ0v) is 9.95. The smallest absolute Gasteiger partial charge is 0.253 e. The van der Waals surface area contributed by atoms with Crippen molar-refractivity contribution >= 4 is 11.6 Å². The van der Waals surface area contributed by atoms with Gasteiger partial charge in [0, 0.05) is 24.8 Å². The zero-order chi connectivity index (χ0) is 12.8. The average Bonchev–Trinajstić information content (AvgIpc) is 2.27. The lowest BCUT2D eigenvalue weighted by Gasteiger charge is -2.17. The van der Waals surface area contributed by atoms with E-state index in [-0.39, 0.29) is 17.2 Å². The van der Waals surface area contributed by atoms with E-state index in [2.05, 4.69) is 6.58 Å². The second-order valence-corrected chi connectivity index (χ2v) is 3.93. The average molecular weight is 236 g/mol. The molecule has 0 atom stereocenters. The van der Waals surface area contributed by atoms with Crippen LogP contribution in [0.5, 0.6) is 0 Å². The van der Waals surface area contributed by atoms with Crippen LogP contribution >= 0.6 is 0 Å². The van der Waals surface area contributed by atoms with Gasteiger partial charge in [0.05, 0.1) is 0 Å². The fraction of sp³-hybridized carbons (Fsp3) is 0.308. The molecule has 0 fully saturated rings. The number of nitrogens with two attached hydrogens (primary N) is 1. The van der Waals surface area contributed by atoms with Crippen molar-refractivity contribution in [2.45, 2.75) is 12.8 Å². The molecule has 0 bridgehead atoms. The fourth-order valence-corrected chi connectivity index (χ4v) is 1.53. The lowest BCUT2D eigenvalue weighted by atomic mass is 10.1. The molecule has 17 heavy (non-hydrogen) atoms. The number of amides is 1. The Kier molecular flexibility index (Phi) is 4.69. The maximum absolute atomic E-state index is 13.1. The summed E-state index contributed by atoms with van der Waals surface area (Å²) in [4.78, 5) is 13.5. The molecule has 92 valence electrons. The molecule has 1 rings (SSSR count). The third-order valence-corrected chi connectivity index (χ3v) is 2.42. The largest absolute Gasteiger partial charge is 0.399 e. The normalized spacial score (nSPS) is 10.0. The SMILES string of the molecule is C=CCCCN(C)C(=O)c1cc(N)cc(F)c1. The third kappa shape index (κ3) is 3.90. The second-order valence-electron chi connectivity index (χ2n) is 3.93. The Morgan fingerprint density at radius 3 is 2.82 bits per heavy atom. The molecule has 4 heteroatoms. The lowest BCUT2D eigenvalue weighted by Crippen LogP contribution is -2.27. The summed E-state index contributed by atoms with van der Waals surface area (Å²) in [5.74, 6) is -0.715. The maximum Gasteiger partial charge on any atom is 0.253 e. The number of anilines is 1. The number of unbranched alkanes of at least 4 members (excludes halogenated alkanes) is 1. The van der Waals surface area contributed by atoms with Gasteiger partial charge in [-0.05, 0) is 31.0 Å². The van der Waals surface area contributed by atoms with Crippen LogP contribution in [0, 0.1) is 5.82 Å². The van der Waals surface area contributed by atoms with Crippen molar-refractivity contribution in [3.63, 3.8) is 0 Å². The van der Waals surface area contributed by atoms with Gasteiger partial charge in [0.2, 0.25) is 0 Å². The van der Waals surface area contributed by atoms with Gasteiger partial charge < -0.3 is 10.6 Å². The number of benzene rings is 1. The van der Waals surface area contributed by atoms with Crippen molar-refractivity contribution in [1.82, 2.24) is 4.90 Å². The van der Waals surface area contributed by atoms with E-state index in [0.29, 0.717) is 6.54 Å². The molecule has 1 aromatic rings. The monoisotopic (exact) mass is 236 g/mol. The first-order chi connectivity index (χ1) is 8.04. The van der Waals surface area contributed by atoms with E-state index in [1.807, 2.05) is 0 Å². The first-order valence-electron chi connectivity index (χ1n) is 5.47. The lowest BCUT2D eigenvalue weighted by molar-refractivity contribution is 0.0793. The van der Waals surface area contributed by atoms with E-state index in [9.17, 15) is 9.18 Å². The van der Waals surface area contributed by atoms with Crippen LogP contribution in [-0.4, -0.2) is 24.4 Å². The number of hydrogen-bond donors (Lipinski definition) is 1. The minimum Gasteiger partial charge on any atom is -0.399 e. The fourth-order valence-electron chi connectivity index (χ4n) is 1.53. The van der Waals surface area contributed by atoms with Gasteiger partial charge in [-0.3, -0.25) is 4.79 Å². The van der Waals surface area contributed by atoms with Crippen LogP contribution in [0.4, 0.5) is 10.1 Å². The molecule has 3 nitrogen and oxygen atoms in total. The molecule has 0 aliphatic carbocycles. The molecule has 1 amide bonds. The Balaban J connectivity index is 2.70. The highest BCUT2D eigenvalue weighted by Gasteiger charge is 2.12. The van der Waals surface area contributed by atoms with Gasteiger partial charge in [-0.25, -0.2) is 4.39 Å². The van der Waals surface area contributed by atoms with Gasteiger partial charge in [-0.15, -0.1) is 6.58 Å². The van der Waals surface area contributed by atoms with Crippen LogP contribution in [-0.2, 0) is 0 Å². The number of rotatable bonds is 5. The third-order valence-electron chi connectivity index (χ3n) is 2.42. The second kappa shape index (κ2) is 6.03. The molecule has 0 aliphatic heterocycles. The highest BCUT2D eigenvalue weighted by molar-refractivity contribution is 5.94. The maximum atomic E-state index is 13.1. The van der Waals surface area contributed by atoms with E-state index in [1.165, 1.54) is 18.2 Å². The zero-order valence-electron chi connectivity index (χ0n) is 9.95. The molecule has 1 aromatic carbocycles. The topological polar surface area (TPSA) is 46.3 Å². The summed E-state index contributed by atoms with van der Waals surface area (Å²) in [6.07, 6.45) is 3.50. The molecule has 0 saturated heterocycles. The summed E-state index contributed by atoms with van der Waals surface area (Å²) < 4.78 is 13.1. The van der Waals surface area contributed by atoms with Crippen LogP contribution < -0.4 is 5.73 Å². The number of nitrogen functional groups attached to an aromatic ring is 1. The Morgan fingerprint density at radius 1 is 1.53 bits per heavy atom. The molecule has 0 heterocycles. The quantitative estimate of drug-likeness (QED) is 0.485. The van der Waals surface area contributed by atoms with Crippen LogP contribution in [0.15, 0.2) is 30.9 Å². The molecular weight excluding hydrogens is 219 g/mol. The molecular formula is C13H17FN2O. The van der Waals surface area contributed by atoms with Crippen molar-refractivity contribution in [3.05, 3.63) is 42.2 Å². The van der Waals surface area contributed by atoms with Gasteiger partial charge in [0.25, 0.3) is 5.91 Å². The summed E-state index contributed by atoms with van der Waals surface area (Å²) in [6, 6.07) is 3.87. The van der Waals surface area contributed by atoms with Crippen molar-refractivity contribution < 1.29 is 9.18 Å². The number of carbonyl (C=O) groups excluding carboxylic acids is 1. The molecule has 0 saturated carbocycles. The van der Waals surface area contributed by atoms with E-state index >= 15 is 0 Å². The number of carbonyl (C=O) groups is 1. The van der Waals surface area contributed by atoms with Crippen molar-refractivity contribution in [2.75, 3.05) is 19.3 Å². The number of allylic oxidation sites excluding steroid dienone is 1. The van der Waals surface area contributed by atoms with Gasteiger partial charge in [-0.1, -0.05) is 6.08 Å². The molecule has 0 spiro atoms. The predicted molar refractivity (Wildman–Crippen MR) is 67.2 cm³/mol. The minimum atomic E-state index is -0.493. The summed E-state index contributed by atoms with van der Waals surface area (Å²) >= 11 is 0. The van der Waals surface area contributed by atoms with E-state index in [1.54, 1.807) is 18.0 Å². The van der Waals surface area contributed by atoms with Gasteiger partial charge in [0.1, 0.15) is 5.82 Å². The molecule has 0 radical (unpaired) electrons. The van der Waals surface area contributed by atoms with E-state index < -0.39 is 5.82 Å². The van der Waals surface area contributed by atoms with Gasteiger partial charge in [-0.2, -0.15) is 0 Å². The van der Waals surface area contributed by atoms with Crippen molar-refractivity contribution in [3.8, 4) is 0 Å². The van der Waals surface area contributed by atoms with Crippen LogP contribution in [0.2, 0.25) is 0 Å².